The summed E-state index contributed by atoms with van der Waals surface area (Å²) < 4.78 is 1.86. The van der Waals surface area contributed by atoms with E-state index in [1.807, 2.05) is 41.0 Å². The molecule has 1 atom stereocenters. The van der Waals surface area contributed by atoms with Gasteiger partial charge in [-0.3, -0.25) is 4.98 Å². The van der Waals surface area contributed by atoms with Crippen LogP contribution in [0.25, 0.3) is 16.9 Å². The molecule has 35 heavy (non-hydrogen) atoms. The number of nitrogens with zero attached hydrogens (tertiary/aromatic N) is 4. The molecular weight excluding hydrogens is 438 g/mol. The summed E-state index contributed by atoms with van der Waals surface area (Å²) in [5.41, 5.74) is 4.22. The van der Waals surface area contributed by atoms with Gasteiger partial charge in [0.05, 0.1) is 17.0 Å². The summed E-state index contributed by atoms with van der Waals surface area (Å²) in [5.74, 6) is 1.88. The highest BCUT2D eigenvalue weighted by Crippen LogP contribution is 2.23. The third-order valence-corrected chi connectivity index (χ3v) is 6.47. The first kappa shape index (κ1) is 23.3. The Morgan fingerprint density at radius 1 is 1.11 bits per heavy atom. The van der Waals surface area contributed by atoms with Crippen molar-refractivity contribution in [1.29, 1.82) is 0 Å². The molecule has 1 aliphatic rings. The summed E-state index contributed by atoms with van der Waals surface area (Å²) >= 11 is 0. The summed E-state index contributed by atoms with van der Waals surface area (Å²) in [5, 5.41) is 25.8. The number of nitrogens with one attached hydrogen (secondary N) is 3. The van der Waals surface area contributed by atoms with Crippen molar-refractivity contribution >= 4 is 17.3 Å². The predicted octanol–water partition coefficient (Wildman–Crippen LogP) is 4.05. The maximum atomic E-state index is 10.9. The zero-order valence-electron chi connectivity index (χ0n) is 20.3. The molecule has 0 spiro atoms. The van der Waals surface area contributed by atoms with Crippen LogP contribution in [0.5, 0.6) is 0 Å². The van der Waals surface area contributed by atoms with Crippen LogP contribution in [0, 0.1) is 0 Å². The first-order valence-electron chi connectivity index (χ1n) is 12.3. The Balaban J connectivity index is 1.35. The van der Waals surface area contributed by atoms with Gasteiger partial charge in [0.15, 0.2) is 5.65 Å². The van der Waals surface area contributed by atoms with Crippen LogP contribution in [0.2, 0.25) is 0 Å². The van der Waals surface area contributed by atoms with Crippen molar-refractivity contribution < 1.29 is 5.11 Å². The Kier molecular flexibility index (Phi) is 6.66. The van der Waals surface area contributed by atoms with Gasteiger partial charge in [-0.15, -0.1) is 0 Å². The number of anilines is 2. The van der Waals surface area contributed by atoms with Gasteiger partial charge in [0.1, 0.15) is 11.6 Å². The number of β-amino-alcohol motifs (C(OH)–C–C–N with tert-alkyl or cyclic N) is 1. The third kappa shape index (κ3) is 5.44. The van der Waals surface area contributed by atoms with E-state index in [1.54, 1.807) is 0 Å². The lowest BCUT2D eigenvalue weighted by atomic mass is 9.94. The molecule has 8 nitrogen and oxygen atoms in total. The van der Waals surface area contributed by atoms with E-state index >= 15 is 0 Å². The van der Waals surface area contributed by atoms with Gasteiger partial charge in [-0.2, -0.15) is 9.61 Å². The Labute approximate surface area is 205 Å². The van der Waals surface area contributed by atoms with Gasteiger partial charge in [0.2, 0.25) is 0 Å². The van der Waals surface area contributed by atoms with Gasteiger partial charge in [-0.05, 0) is 43.0 Å². The molecule has 1 aliphatic heterocycles. The Morgan fingerprint density at radius 2 is 1.97 bits per heavy atom. The van der Waals surface area contributed by atoms with Gasteiger partial charge in [0, 0.05) is 43.5 Å². The van der Waals surface area contributed by atoms with Crippen molar-refractivity contribution in [3.05, 3.63) is 72.1 Å². The number of pyridine rings is 1. The van der Waals surface area contributed by atoms with Crippen LogP contribution in [0.3, 0.4) is 0 Å². The van der Waals surface area contributed by atoms with Gasteiger partial charge in [0.25, 0.3) is 0 Å². The quantitative estimate of drug-likeness (QED) is 0.308. The predicted molar refractivity (Wildman–Crippen MR) is 140 cm³/mol. The summed E-state index contributed by atoms with van der Waals surface area (Å²) in [4.78, 5) is 9.19. The smallest absolute Gasteiger partial charge is 0.160 e. The molecule has 182 valence electrons. The molecule has 3 aromatic heterocycles. The topological polar surface area (TPSA) is 99.4 Å². The molecule has 1 aromatic carbocycles. The average molecular weight is 472 g/mol. The number of hydrogen-bond donors (Lipinski definition) is 4. The molecule has 5 rings (SSSR count). The maximum Gasteiger partial charge on any atom is 0.160 e. The number of hydrogen-bond acceptors (Lipinski definition) is 7. The van der Waals surface area contributed by atoms with E-state index in [0.717, 1.165) is 59.2 Å². The van der Waals surface area contributed by atoms with Gasteiger partial charge in [-0.1, -0.05) is 44.2 Å². The lowest BCUT2D eigenvalue weighted by Gasteiger charge is -2.32. The zero-order valence-corrected chi connectivity index (χ0v) is 20.3. The Hall–Kier alpha value is -3.49. The standard InChI is InChI=1S/C27H33N7O/c1-19(2)23-14-26-32-24(31-18-27(35)11-5-12-28-17-27)15-25(34(26)33-23)30-16-20-7-9-21(10-8-20)22-6-3-4-13-29-22/h3-4,6-10,13-15,19,28,30,35H,5,11-12,16-18H2,1-2H3,(H,31,32). The first-order chi connectivity index (χ1) is 17.0. The second-order valence-corrected chi connectivity index (χ2v) is 9.64. The lowest BCUT2D eigenvalue weighted by molar-refractivity contribution is 0.0291. The van der Waals surface area contributed by atoms with Crippen molar-refractivity contribution in [3.63, 3.8) is 0 Å². The number of rotatable bonds is 8. The van der Waals surface area contributed by atoms with Crippen LogP contribution in [-0.2, 0) is 6.54 Å². The van der Waals surface area contributed by atoms with Crippen LogP contribution >= 0.6 is 0 Å². The Morgan fingerprint density at radius 3 is 2.69 bits per heavy atom. The molecule has 1 saturated heterocycles. The minimum atomic E-state index is -0.766. The minimum Gasteiger partial charge on any atom is -0.387 e. The summed E-state index contributed by atoms with van der Waals surface area (Å²) in [7, 11) is 0. The van der Waals surface area contributed by atoms with Gasteiger partial charge < -0.3 is 21.1 Å². The highest BCUT2D eigenvalue weighted by molar-refractivity contribution is 5.60. The van der Waals surface area contributed by atoms with E-state index in [1.165, 1.54) is 0 Å². The van der Waals surface area contributed by atoms with Crippen LogP contribution in [0.4, 0.5) is 11.6 Å². The maximum absolute atomic E-state index is 10.9. The monoisotopic (exact) mass is 471 g/mol. The van der Waals surface area contributed by atoms with Crippen molar-refractivity contribution in [3.8, 4) is 11.3 Å². The van der Waals surface area contributed by atoms with E-state index in [-0.39, 0.29) is 0 Å². The van der Waals surface area contributed by atoms with E-state index in [2.05, 4.69) is 59.0 Å². The van der Waals surface area contributed by atoms with Crippen molar-refractivity contribution in [2.45, 2.75) is 44.8 Å². The molecule has 8 heteroatoms. The van der Waals surface area contributed by atoms with E-state index in [9.17, 15) is 5.11 Å². The molecule has 0 radical (unpaired) electrons. The van der Waals surface area contributed by atoms with E-state index in [0.29, 0.717) is 25.6 Å². The van der Waals surface area contributed by atoms with Crippen LogP contribution in [0.1, 0.15) is 43.9 Å². The summed E-state index contributed by atoms with van der Waals surface area (Å²) in [6.07, 6.45) is 3.56. The van der Waals surface area contributed by atoms with Crippen molar-refractivity contribution in [2.24, 2.45) is 0 Å². The van der Waals surface area contributed by atoms with Crippen LogP contribution < -0.4 is 16.0 Å². The van der Waals surface area contributed by atoms with Crippen molar-refractivity contribution in [1.82, 2.24) is 24.9 Å². The van der Waals surface area contributed by atoms with E-state index < -0.39 is 5.60 Å². The molecule has 0 aliphatic carbocycles. The zero-order chi connectivity index (χ0) is 24.3. The summed E-state index contributed by atoms with van der Waals surface area (Å²) in [6, 6.07) is 18.3. The number of aromatic nitrogens is 4. The van der Waals surface area contributed by atoms with E-state index in [4.69, 9.17) is 10.1 Å². The highest BCUT2D eigenvalue weighted by Gasteiger charge is 2.29. The fraction of sp³-hybridized carbons (Fsp3) is 0.370. The SMILES string of the molecule is CC(C)c1cc2nc(NCC3(O)CCCNC3)cc(NCc3ccc(-c4ccccn4)cc3)n2n1. The Bertz CT molecular complexity index is 1260. The molecule has 0 bridgehead atoms. The number of fused-ring (bicyclic) bond motifs is 1. The lowest BCUT2D eigenvalue weighted by Crippen LogP contribution is -2.50. The molecule has 4 aromatic rings. The van der Waals surface area contributed by atoms with Crippen LogP contribution in [-0.4, -0.2) is 49.9 Å². The van der Waals surface area contributed by atoms with Crippen molar-refractivity contribution in [2.75, 3.05) is 30.3 Å². The second-order valence-electron chi connectivity index (χ2n) is 9.64. The number of benzene rings is 1. The average Bonchev–Trinajstić information content (AvgIpc) is 3.32. The third-order valence-electron chi connectivity index (χ3n) is 6.47. The first-order valence-corrected chi connectivity index (χ1v) is 12.3. The highest BCUT2D eigenvalue weighted by atomic mass is 16.3. The normalized spacial score (nSPS) is 18.2. The molecule has 1 unspecified atom stereocenters. The fourth-order valence-electron chi connectivity index (χ4n) is 4.37. The van der Waals surface area contributed by atoms with Crippen LogP contribution in [0.15, 0.2) is 60.8 Å². The summed E-state index contributed by atoms with van der Waals surface area (Å²) in [6.45, 7) is 6.89. The molecule has 0 saturated carbocycles. The largest absolute Gasteiger partial charge is 0.387 e. The molecule has 4 heterocycles. The van der Waals surface area contributed by atoms with Gasteiger partial charge in [-0.25, -0.2) is 4.98 Å². The second kappa shape index (κ2) is 10.0. The molecule has 4 N–H and O–H groups in total. The molecular formula is C27H33N7O. The number of piperidine rings is 1. The minimum absolute atomic E-state index is 0.300. The molecule has 0 amide bonds. The number of aliphatic hydroxyl groups is 1. The van der Waals surface area contributed by atoms with Gasteiger partial charge >= 0.3 is 0 Å². The molecule has 1 fully saturated rings. The fourth-order valence-corrected chi connectivity index (χ4v) is 4.37.